The molecular weight excluding hydrogens is 324 g/mol. The summed E-state index contributed by atoms with van der Waals surface area (Å²) >= 11 is 0. The molecule has 138 valence electrons. The second kappa shape index (κ2) is 7.40. The molecule has 3 rings (SSSR count). The van der Waals surface area contributed by atoms with E-state index in [-0.39, 0.29) is 12.1 Å². The van der Waals surface area contributed by atoms with E-state index in [1.165, 1.54) is 16.8 Å². The minimum Gasteiger partial charge on any atom is -0.444 e. The van der Waals surface area contributed by atoms with Crippen molar-refractivity contribution in [2.45, 2.75) is 39.3 Å². The molecule has 1 saturated heterocycles. The number of nitrogens with zero attached hydrogens (tertiary/aromatic N) is 2. The first-order chi connectivity index (χ1) is 12.3. The lowest BCUT2D eigenvalue weighted by atomic mass is 10.0. The zero-order valence-electron chi connectivity index (χ0n) is 16.1. The number of rotatable bonds is 2. The Morgan fingerprint density at radius 2 is 1.65 bits per heavy atom. The fourth-order valence-electron chi connectivity index (χ4n) is 3.38. The van der Waals surface area contributed by atoms with Gasteiger partial charge in [0.15, 0.2) is 0 Å². The highest BCUT2D eigenvalue weighted by atomic mass is 16.6. The summed E-state index contributed by atoms with van der Waals surface area (Å²) in [4.78, 5) is 16.7. The van der Waals surface area contributed by atoms with Gasteiger partial charge in [-0.1, -0.05) is 48.5 Å². The second-order valence-corrected chi connectivity index (χ2v) is 7.85. The van der Waals surface area contributed by atoms with Crippen LogP contribution in [-0.4, -0.2) is 42.3 Å². The summed E-state index contributed by atoms with van der Waals surface area (Å²) < 4.78 is 5.55. The highest BCUT2D eigenvalue weighted by molar-refractivity contribution is 5.79. The molecule has 0 unspecified atom stereocenters. The first-order valence-electron chi connectivity index (χ1n) is 9.24. The van der Waals surface area contributed by atoms with Crippen LogP contribution in [0.5, 0.6) is 0 Å². The Kier molecular flexibility index (Phi) is 5.21. The lowest BCUT2D eigenvalue weighted by Crippen LogP contribution is -2.55. The number of benzene rings is 2. The predicted molar refractivity (Wildman–Crippen MR) is 106 cm³/mol. The van der Waals surface area contributed by atoms with Crippen LogP contribution in [0.25, 0.3) is 11.1 Å². The highest BCUT2D eigenvalue weighted by Crippen LogP contribution is 2.32. The van der Waals surface area contributed by atoms with Crippen molar-refractivity contribution in [3.8, 4) is 11.1 Å². The van der Waals surface area contributed by atoms with E-state index in [9.17, 15) is 4.79 Å². The molecule has 0 radical (unpaired) electrons. The number of amides is 1. The molecule has 0 aliphatic carbocycles. The fourth-order valence-corrected chi connectivity index (χ4v) is 3.38. The third kappa shape index (κ3) is 4.18. The molecule has 26 heavy (non-hydrogen) atoms. The summed E-state index contributed by atoms with van der Waals surface area (Å²) in [6, 6.07) is 19.0. The molecule has 0 saturated carbocycles. The Morgan fingerprint density at radius 3 is 2.31 bits per heavy atom. The van der Waals surface area contributed by atoms with Gasteiger partial charge < -0.3 is 14.5 Å². The Balaban J connectivity index is 1.77. The van der Waals surface area contributed by atoms with Crippen LogP contribution in [0.15, 0.2) is 54.6 Å². The van der Waals surface area contributed by atoms with Crippen LogP contribution >= 0.6 is 0 Å². The van der Waals surface area contributed by atoms with Crippen molar-refractivity contribution in [1.29, 1.82) is 0 Å². The summed E-state index contributed by atoms with van der Waals surface area (Å²) in [7, 11) is 0. The van der Waals surface area contributed by atoms with Crippen molar-refractivity contribution < 1.29 is 9.53 Å². The van der Waals surface area contributed by atoms with Gasteiger partial charge in [-0.15, -0.1) is 0 Å². The molecule has 1 aliphatic heterocycles. The van der Waals surface area contributed by atoms with Gasteiger partial charge in [0.05, 0.1) is 0 Å². The summed E-state index contributed by atoms with van der Waals surface area (Å²) in [5, 5.41) is 0. The third-order valence-corrected chi connectivity index (χ3v) is 4.59. The highest BCUT2D eigenvalue weighted by Gasteiger charge is 2.31. The number of carbonyl (C=O) groups is 1. The minimum atomic E-state index is -0.464. The minimum absolute atomic E-state index is 0.0995. The number of ether oxygens (including phenoxy) is 1. The maximum atomic E-state index is 12.4. The zero-order valence-corrected chi connectivity index (χ0v) is 16.1. The smallest absolute Gasteiger partial charge is 0.410 e. The summed E-state index contributed by atoms with van der Waals surface area (Å²) in [5.41, 5.74) is 3.19. The normalized spacial score (nSPS) is 17.9. The van der Waals surface area contributed by atoms with E-state index >= 15 is 0 Å². The van der Waals surface area contributed by atoms with Gasteiger partial charge >= 0.3 is 6.09 Å². The first kappa shape index (κ1) is 18.3. The maximum absolute atomic E-state index is 12.4. The third-order valence-electron chi connectivity index (χ3n) is 4.59. The molecule has 0 aromatic heterocycles. The van der Waals surface area contributed by atoms with Crippen molar-refractivity contribution in [2.24, 2.45) is 0 Å². The monoisotopic (exact) mass is 352 g/mol. The Bertz CT molecular complexity index is 752. The number of hydrogen-bond acceptors (Lipinski definition) is 3. The van der Waals surface area contributed by atoms with E-state index in [1.54, 1.807) is 0 Å². The Morgan fingerprint density at radius 1 is 1.00 bits per heavy atom. The average molecular weight is 352 g/mol. The van der Waals surface area contributed by atoms with Crippen LogP contribution in [0, 0.1) is 0 Å². The molecule has 0 spiro atoms. The van der Waals surface area contributed by atoms with Crippen molar-refractivity contribution in [3.05, 3.63) is 54.6 Å². The number of piperazine rings is 1. The number of carbonyl (C=O) groups excluding carboxylic acids is 1. The van der Waals surface area contributed by atoms with Crippen molar-refractivity contribution >= 4 is 11.8 Å². The van der Waals surface area contributed by atoms with Gasteiger partial charge in [-0.05, 0) is 39.3 Å². The molecule has 1 aliphatic rings. The largest absolute Gasteiger partial charge is 0.444 e. The molecule has 0 bridgehead atoms. The standard InChI is InChI=1S/C22H28N2O2/c1-17-16-23(14-15-24(17)21(25)26-22(2,3)4)20-13-9-8-12-19(20)18-10-6-5-7-11-18/h5-13,17H,14-16H2,1-4H3/t17-/m0/s1. The van der Waals surface area contributed by atoms with Crippen LogP contribution in [0.3, 0.4) is 0 Å². The number of hydrogen-bond donors (Lipinski definition) is 0. The Hall–Kier alpha value is -2.49. The van der Waals surface area contributed by atoms with E-state index in [4.69, 9.17) is 4.74 Å². The van der Waals surface area contributed by atoms with Gasteiger partial charge in [0, 0.05) is 36.9 Å². The molecule has 4 heteroatoms. The molecule has 0 N–H and O–H groups in total. The molecule has 4 nitrogen and oxygen atoms in total. The quantitative estimate of drug-likeness (QED) is 0.778. The molecule has 1 amide bonds. The molecule has 1 fully saturated rings. The molecule has 1 heterocycles. The molecule has 2 aromatic rings. The van der Waals surface area contributed by atoms with E-state index in [1.807, 2.05) is 31.7 Å². The molecule has 2 aromatic carbocycles. The Labute approximate surface area is 156 Å². The van der Waals surface area contributed by atoms with Crippen LogP contribution in [0.1, 0.15) is 27.7 Å². The summed E-state index contributed by atoms with van der Waals surface area (Å²) in [6.45, 7) is 10.1. The lowest BCUT2D eigenvalue weighted by Gasteiger charge is -2.41. The SMILES string of the molecule is C[C@H]1CN(c2ccccc2-c2ccccc2)CCN1C(=O)OC(C)(C)C. The van der Waals surface area contributed by atoms with Crippen LogP contribution in [-0.2, 0) is 4.74 Å². The predicted octanol–water partition coefficient (Wildman–Crippen LogP) is 4.80. The van der Waals surface area contributed by atoms with Gasteiger partial charge in [-0.2, -0.15) is 0 Å². The lowest BCUT2D eigenvalue weighted by molar-refractivity contribution is 0.0159. The van der Waals surface area contributed by atoms with Gasteiger partial charge in [0.2, 0.25) is 0 Å². The van der Waals surface area contributed by atoms with E-state index in [0.29, 0.717) is 6.54 Å². The van der Waals surface area contributed by atoms with E-state index < -0.39 is 5.60 Å². The average Bonchev–Trinajstić information content (AvgIpc) is 2.61. The summed E-state index contributed by atoms with van der Waals surface area (Å²) in [6.07, 6.45) is -0.221. The fraction of sp³-hybridized carbons (Fsp3) is 0.409. The topological polar surface area (TPSA) is 32.8 Å². The van der Waals surface area contributed by atoms with Crippen molar-refractivity contribution in [1.82, 2.24) is 4.90 Å². The first-order valence-corrected chi connectivity index (χ1v) is 9.24. The maximum Gasteiger partial charge on any atom is 0.410 e. The number of para-hydroxylation sites is 1. The van der Waals surface area contributed by atoms with E-state index in [2.05, 4.69) is 60.4 Å². The van der Waals surface area contributed by atoms with Crippen molar-refractivity contribution in [3.63, 3.8) is 0 Å². The van der Waals surface area contributed by atoms with Crippen molar-refractivity contribution in [2.75, 3.05) is 24.5 Å². The second-order valence-electron chi connectivity index (χ2n) is 7.85. The molecule has 1 atom stereocenters. The van der Waals surface area contributed by atoms with Crippen LogP contribution < -0.4 is 4.90 Å². The van der Waals surface area contributed by atoms with Gasteiger partial charge in [-0.25, -0.2) is 4.79 Å². The number of anilines is 1. The van der Waals surface area contributed by atoms with Crippen LogP contribution in [0.4, 0.5) is 10.5 Å². The molecular formula is C22H28N2O2. The summed E-state index contributed by atoms with van der Waals surface area (Å²) in [5.74, 6) is 0. The van der Waals surface area contributed by atoms with Crippen LogP contribution in [0.2, 0.25) is 0 Å². The van der Waals surface area contributed by atoms with E-state index in [0.717, 1.165) is 13.1 Å². The van der Waals surface area contributed by atoms with Gasteiger partial charge in [0.25, 0.3) is 0 Å². The zero-order chi connectivity index (χ0) is 18.7. The van der Waals surface area contributed by atoms with Gasteiger partial charge in [-0.3, -0.25) is 0 Å². The van der Waals surface area contributed by atoms with Gasteiger partial charge in [0.1, 0.15) is 5.60 Å².